The van der Waals surface area contributed by atoms with Gasteiger partial charge in [0.2, 0.25) is 0 Å². The number of carbonyl (C=O) groups is 1. The number of piperazine rings is 1. The van der Waals surface area contributed by atoms with Crippen LogP contribution in [0.1, 0.15) is 30.1 Å². The highest BCUT2D eigenvalue weighted by Crippen LogP contribution is 2.19. The molecule has 0 bridgehead atoms. The molecular formula is C18H27N3O2. The van der Waals surface area contributed by atoms with Crippen molar-refractivity contribution in [1.82, 2.24) is 9.80 Å². The Morgan fingerprint density at radius 3 is 2.43 bits per heavy atom. The van der Waals surface area contributed by atoms with Crippen LogP contribution in [0.25, 0.3) is 0 Å². The van der Waals surface area contributed by atoms with Crippen LogP contribution in [0.3, 0.4) is 0 Å². The third-order valence-corrected chi connectivity index (χ3v) is 4.98. The van der Waals surface area contributed by atoms with Crippen molar-refractivity contribution < 1.29 is 9.90 Å². The van der Waals surface area contributed by atoms with Crippen LogP contribution in [0.15, 0.2) is 24.3 Å². The molecule has 0 saturated carbocycles. The van der Waals surface area contributed by atoms with Crippen LogP contribution < -0.4 is 4.90 Å². The Bertz CT molecular complexity index is 524. The molecule has 23 heavy (non-hydrogen) atoms. The highest BCUT2D eigenvalue weighted by atomic mass is 16.3. The Kier molecular flexibility index (Phi) is 5.18. The normalized spacial score (nSPS) is 23.1. The Labute approximate surface area is 138 Å². The lowest BCUT2D eigenvalue weighted by atomic mass is 10.1. The minimum absolute atomic E-state index is 0.0334. The molecule has 1 aromatic rings. The molecule has 1 N–H and O–H groups in total. The van der Waals surface area contributed by atoms with Gasteiger partial charge in [0.25, 0.3) is 5.91 Å². The highest BCUT2D eigenvalue weighted by Gasteiger charge is 2.23. The second-order valence-corrected chi connectivity index (χ2v) is 6.52. The maximum atomic E-state index is 12.5. The van der Waals surface area contributed by atoms with Crippen molar-refractivity contribution in [1.29, 1.82) is 0 Å². The summed E-state index contributed by atoms with van der Waals surface area (Å²) in [7, 11) is 0. The van der Waals surface area contributed by atoms with Gasteiger partial charge in [0.15, 0.2) is 0 Å². The van der Waals surface area contributed by atoms with Crippen molar-refractivity contribution in [2.24, 2.45) is 0 Å². The molecular weight excluding hydrogens is 290 g/mol. The summed E-state index contributed by atoms with van der Waals surface area (Å²) in [5, 5.41) is 9.73. The van der Waals surface area contributed by atoms with Crippen molar-refractivity contribution in [3.63, 3.8) is 0 Å². The minimum Gasteiger partial charge on any atom is -0.391 e. The first kappa shape index (κ1) is 16.3. The predicted molar refractivity (Wildman–Crippen MR) is 91.9 cm³/mol. The standard InChI is InChI=1S/C18H27N3O2/c1-2-19-10-12-20(13-11-19)16-7-5-15(6-8-16)18(23)21-9-3-4-17(22)14-21/h5-8,17,22H,2-4,9-14H2,1H3. The molecule has 1 unspecified atom stereocenters. The van der Waals surface area contributed by atoms with Gasteiger partial charge >= 0.3 is 0 Å². The van der Waals surface area contributed by atoms with Crippen LogP contribution in [-0.2, 0) is 0 Å². The lowest BCUT2D eigenvalue weighted by Crippen LogP contribution is -2.46. The van der Waals surface area contributed by atoms with Gasteiger partial charge in [-0.2, -0.15) is 0 Å². The van der Waals surface area contributed by atoms with E-state index in [9.17, 15) is 9.90 Å². The fourth-order valence-electron chi connectivity index (χ4n) is 3.46. The fraction of sp³-hybridized carbons (Fsp3) is 0.611. The monoisotopic (exact) mass is 317 g/mol. The Balaban J connectivity index is 1.62. The van der Waals surface area contributed by atoms with Crippen LogP contribution in [-0.4, -0.2) is 72.7 Å². The van der Waals surface area contributed by atoms with Crippen molar-refractivity contribution in [2.75, 3.05) is 50.7 Å². The molecule has 2 fully saturated rings. The van der Waals surface area contributed by atoms with E-state index in [0.717, 1.165) is 57.7 Å². The number of carbonyl (C=O) groups excluding carboxylic acids is 1. The van der Waals surface area contributed by atoms with Crippen molar-refractivity contribution in [3.8, 4) is 0 Å². The van der Waals surface area contributed by atoms with Crippen LogP contribution in [0, 0.1) is 0 Å². The van der Waals surface area contributed by atoms with Crippen LogP contribution in [0.4, 0.5) is 5.69 Å². The number of benzene rings is 1. The molecule has 5 heteroatoms. The van der Waals surface area contributed by atoms with Gasteiger partial charge in [-0.05, 0) is 43.7 Å². The number of nitrogens with zero attached hydrogens (tertiary/aromatic N) is 3. The number of hydrogen-bond donors (Lipinski definition) is 1. The smallest absolute Gasteiger partial charge is 0.253 e. The molecule has 2 heterocycles. The molecule has 1 atom stereocenters. The van der Waals surface area contributed by atoms with Gasteiger partial charge in [0, 0.05) is 50.5 Å². The number of aliphatic hydroxyl groups excluding tert-OH is 1. The van der Waals surface area contributed by atoms with Gasteiger partial charge in [-0.15, -0.1) is 0 Å². The van der Waals surface area contributed by atoms with Crippen molar-refractivity contribution in [2.45, 2.75) is 25.9 Å². The topological polar surface area (TPSA) is 47.0 Å². The second kappa shape index (κ2) is 7.32. The lowest BCUT2D eigenvalue weighted by molar-refractivity contribution is 0.0474. The average Bonchev–Trinajstić information content (AvgIpc) is 2.61. The first-order valence-corrected chi connectivity index (χ1v) is 8.72. The Morgan fingerprint density at radius 2 is 1.83 bits per heavy atom. The summed E-state index contributed by atoms with van der Waals surface area (Å²) < 4.78 is 0. The van der Waals surface area contributed by atoms with Gasteiger partial charge < -0.3 is 19.8 Å². The average molecular weight is 317 g/mol. The first-order valence-electron chi connectivity index (χ1n) is 8.72. The van der Waals surface area contributed by atoms with Gasteiger partial charge in [-0.3, -0.25) is 4.79 Å². The SMILES string of the molecule is CCN1CCN(c2ccc(C(=O)N3CCCC(O)C3)cc2)CC1. The zero-order valence-electron chi connectivity index (χ0n) is 13.9. The summed E-state index contributed by atoms with van der Waals surface area (Å²) >= 11 is 0. The van der Waals surface area contributed by atoms with E-state index in [1.165, 1.54) is 5.69 Å². The summed E-state index contributed by atoms with van der Waals surface area (Å²) in [6.07, 6.45) is 1.31. The highest BCUT2D eigenvalue weighted by molar-refractivity contribution is 5.94. The van der Waals surface area contributed by atoms with Crippen LogP contribution in [0.2, 0.25) is 0 Å². The second-order valence-electron chi connectivity index (χ2n) is 6.52. The number of hydrogen-bond acceptors (Lipinski definition) is 4. The maximum absolute atomic E-state index is 12.5. The summed E-state index contributed by atoms with van der Waals surface area (Å²) in [4.78, 5) is 19.1. The van der Waals surface area contributed by atoms with Crippen LogP contribution >= 0.6 is 0 Å². The Morgan fingerprint density at radius 1 is 1.13 bits per heavy atom. The molecule has 1 aromatic carbocycles. The third-order valence-electron chi connectivity index (χ3n) is 4.98. The van der Waals surface area contributed by atoms with Gasteiger partial charge in [0.05, 0.1) is 6.10 Å². The number of rotatable bonds is 3. The Hall–Kier alpha value is -1.59. The molecule has 0 spiro atoms. The van der Waals surface area contributed by atoms with Gasteiger partial charge in [-0.1, -0.05) is 6.92 Å². The summed E-state index contributed by atoms with van der Waals surface area (Å²) in [6.45, 7) is 8.80. The van der Waals surface area contributed by atoms with E-state index in [1.807, 2.05) is 12.1 Å². The number of likely N-dealkylation sites (tertiary alicyclic amines) is 1. The zero-order chi connectivity index (χ0) is 16.2. The van der Waals surface area contributed by atoms with Gasteiger partial charge in [-0.25, -0.2) is 0 Å². The summed E-state index contributed by atoms with van der Waals surface area (Å²) in [6, 6.07) is 7.94. The molecule has 0 aliphatic carbocycles. The van der Waals surface area contributed by atoms with Gasteiger partial charge in [0.1, 0.15) is 0 Å². The minimum atomic E-state index is -0.373. The molecule has 3 rings (SSSR count). The number of piperidine rings is 1. The first-order chi connectivity index (χ1) is 11.2. The molecule has 1 amide bonds. The quantitative estimate of drug-likeness (QED) is 0.916. The lowest BCUT2D eigenvalue weighted by Gasteiger charge is -2.35. The number of anilines is 1. The summed E-state index contributed by atoms with van der Waals surface area (Å²) in [5.74, 6) is 0.0334. The molecule has 2 aliphatic heterocycles. The molecule has 0 radical (unpaired) electrons. The predicted octanol–water partition coefficient (Wildman–Crippen LogP) is 1.43. The molecule has 5 nitrogen and oxygen atoms in total. The fourth-order valence-corrected chi connectivity index (χ4v) is 3.46. The third kappa shape index (κ3) is 3.85. The number of amides is 1. The number of β-amino-alcohol motifs (C(OH)–C–C–N with tert-alkyl or cyclic N) is 1. The largest absolute Gasteiger partial charge is 0.391 e. The molecule has 126 valence electrons. The van der Waals surface area contributed by atoms with E-state index in [0.29, 0.717) is 6.54 Å². The molecule has 2 aliphatic rings. The van der Waals surface area contributed by atoms with Crippen LogP contribution in [0.5, 0.6) is 0 Å². The van der Waals surface area contributed by atoms with E-state index >= 15 is 0 Å². The van der Waals surface area contributed by atoms with Crippen molar-refractivity contribution >= 4 is 11.6 Å². The number of likely N-dealkylation sites (N-methyl/N-ethyl adjacent to an activating group) is 1. The molecule has 0 aromatic heterocycles. The van der Waals surface area contributed by atoms with Crippen molar-refractivity contribution in [3.05, 3.63) is 29.8 Å². The molecule has 2 saturated heterocycles. The van der Waals surface area contributed by atoms with E-state index in [1.54, 1.807) is 4.90 Å². The van der Waals surface area contributed by atoms with E-state index in [-0.39, 0.29) is 12.0 Å². The zero-order valence-corrected chi connectivity index (χ0v) is 13.9. The van der Waals surface area contributed by atoms with E-state index in [4.69, 9.17) is 0 Å². The van der Waals surface area contributed by atoms with E-state index < -0.39 is 0 Å². The van der Waals surface area contributed by atoms with E-state index in [2.05, 4.69) is 28.9 Å². The maximum Gasteiger partial charge on any atom is 0.253 e. The number of aliphatic hydroxyl groups is 1. The summed E-state index contributed by atoms with van der Waals surface area (Å²) in [5.41, 5.74) is 1.91.